The van der Waals surface area contributed by atoms with Crippen molar-refractivity contribution in [3.63, 3.8) is 0 Å². The van der Waals surface area contributed by atoms with Crippen LogP contribution >= 0.6 is 53.9 Å². The molecule has 0 saturated carbocycles. The van der Waals surface area contributed by atoms with Gasteiger partial charge in [-0.2, -0.15) is 0 Å². The highest BCUT2D eigenvalue weighted by Gasteiger charge is 2.30. The number of hydrogen-bond donors (Lipinski definition) is 0. The molecule has 1 unspecified atom stereocenters. The Labute approximate surface area is 116 Å². The van der Waals surface area contributed by atoms with Crippen LogP contribution in [0.25, 0.3) is 0 Å². The summed E-state index contributed by atoms with van der Waals surface area (Å²) in [6.07, 6.45) is 0. The summed E-state index contributed by atoms with van der Waals surface area (Å²) in [6.45, 7) is 4.23. The zero-order valence-corrected chi connectivity index (χ0v) is 12.6. The Morgan fingerprint density at radius 1 is 1.25 bits per heavy atom. The molecule has 3 nitrogen and oxygen atoms in total. The zero-order chi connectivity index (χ0) is 12.6. The van der Waals surface area contributed by atoms with Gasteiger partial charge < -0.3 is 4.52 Å². The fourth-order valence-corrected chi connectivity index (χ4v) is 3.96. The molecular formula is C8H14Cl4NO2P. The van der Waals surface area contributed by atoms with Gasteiger partial charge in [-0.1, -0.05) is 18.2 Å². The van der Waals surface area contributed by atoms with E-state index >= 15 is 0 Å². The molecule has 1 atom stereocenters. The molecule has 0 radical (unpaired) electrons. The maximum Gasteiger partial charge on any atom is 0.287 e. The molecule has 0 aliphatic rings. The van der Waals surface area contributed by atoms with Crippen molar-refractivity contribution in [2.45, 2.75) is 0 Å². The van der Waals surface area contributed by atoms with Gasteiger partial charge in [-0.15, -0.1) is 34.8 Å². The first-order valence-electron chi connectivity index (χ1n) is 4.50. The predicted octanol–water partition coefficient (Wildman–Crippen LogP) is 3.92. The van der Waals surface area contributed by atoms with Crippen LogP contribution in [-0.4, -0.2) is 41.7 Å². The Morgan fingerprint density at radius 3 is 2.06 bits per heavy atom. The van der Waals surface area contributed by atoms with Gasteiger partial charge in [-0.05, 0) is 0 Å². The lowest BCUT2D eigenvalue weighted by atomic mass is 10.6. The van der Waals surface area contributed by atoms with Gasteiger partial charge in [0.15, 0.2) is 0 Å². The average molecular weight is 329 g/mol. The Morgan fingerprint density at radius 2 is 1.75 bits per heavy atom. The smallest absolute Gasteiger partial charge is 0.287 e. The van der Waals surface area contributed by atoms with E-state index in [1.165, 1.54) is 0 Å². The first-order valence-corrected chi connectivity index (χ1v) is 8.24. The van der Waals surface area contributed by atoms with Crippen LogP contribution in [0.4, 0.5) is 0 Å². The van der Waals surface area contributed by atoms with Crippen molar-refractivity contribution in [2.75, 3.05) is 37.1 Å². The first-order chi connectivity index (χ1) is 7.50. The van der Waals surface area contributed by atoms with Gasteiger partial charge in [0.25, 0.3) is 7.52 Å². The van der Waals surface area contributed by atoms with E-state index < -0.39 is 7.52 Å². The van der Waals surface area contributed by atoms with E-state index in [2.05, 4.69) is 6.58 Å². The van der Waals surface area contributed by atoms with Crippen molar-refractivity contribution < 1.29 is 9.09 Å². The first kappa shape index (κ1) is 17.1. The summed E-state index contributed by atoms with van der Waals surface area (Å²) in [5.74, 6) is 0.645. The van der Waals surface area contributed by atoms with Gasteiger partial charge in [0, 0.05) is 29.9 Å². The molecule has 0 heterocycles. The highest BCUT2D eigenvalue weighted by Crippen LogP contribution is 2.51. The van der Waals surface area contributed by atoms with E-state index in [0.717, 1.165) is 0 Å². The van der Waals surface area contributed by atoms with Gasteiger partial charge in [-0.3, -0.25) is 4.57 Å². The van der Waals surface area contributed by atoms with E-state index in [4.69, 9.17) is 50.9 Å². The van der Waals surface area contributed by atoms with Crippen molar-refractivity contribution in [3.05, 3.63) is 11.6 Å². The fourth-order valence-electron chi connectivity index (χ4n) is 0.974. The third kappa shape index (κ3) is 6.11. The summed E-state index contributed by atoms with van der Waals surface area (Å²) < 4.78 is 19.1. The lowest BCUT2D eigenvalue weighted by molar-refractivity contribution is 0.293. The summed E-state index contributed by atoms with van der Waals surface area (Å²) in [5, 5.41) is 0.266. The predicted molar refractivity (Wildman–Crippen MR) is 72.3 cm³/mol. The molecule has 0 spiro atoms. The lowest BCUT2D eigenvalue weighted by Gasteiger charge is -2.28. The van der Waals surface area contributed by atoms with Gasteiger partial charge in [-0.25, -0.2) is 4.67 Å². The molecule has 0 aromatic rings. The Balaban J connectivity index is 4.58. The van der Waals surface area contributed by atoms with Crippen LogP contribution in [0.3, 0.4) is 0 Å². The van der Waals surface area contributed by atoms with Crippen LogP contribution in [0, 0.1) is 0 Å². The molecule has 0 bridgehead atoms. The molecule has 0 saturated heterocycles. The number of nitrogens with zero attached hydrogens (tertiary/aromatic N) is 1. The SMILES string of the molecule is C=C(Cl)COP(=O)(CCl)N(CCCl)CCCl. The van der Waals surface area contributed by atoms with Crippen molar-refractivity contribution in [1.29, 1.82) is 0 Å². The van der Waals surface area contributed by atoms with Crippen LogP contribution < -0.4 is 0 Å². The summed E-state index contributed by atoms with van der Waals surface area (Å²) >= 11 is 22.4. The molecule has 0 fully saturated rings. The second-order valence-electron chi connectivity index (χ2n) is 2.88. The van der Waals surface area contributed by atoms with E-state index in [1.54, 1.807) is 4.67 Å². The zero-order valence-electron chi connectivity index (χ0n) is 8.67. The van der Waals surface area contributed by atoms with Crippen molar-refractivity contribution in [2.24, 2.45) is 0 Å². The van der Waals surface area contributed by atoms with E-state index in [9.17, 15) is 4.57 Å². The van der Waals surface area contributed by atoms with Crippen LogP contribution in [0.5, 0.6) is 0 Å². The largest absolute Gasteiger partial charge is 0.311 e. The van der Waals surface area contributed by atoms with Gasteiger partial charge in [0.1, 0.15) is 5.62 Å². The second kappa shape index (κ2) is 9.04. The Bertz CT molecular complexity index is 258. The minimum absolute atomic E-state index is 0.00732. The summed E-state index contributed by atoms with van der Waals surface area (Å²) in [6, 6.07) is 0. The third-order valence-corrected chi connectivity index (χ3v) is 5.14. The number of alkyl halides is 3. The van der Waals surface area contributed by atoms with E-state index in [1.807, 2.05) is 0 Å². The molecule has 0 amide bonds. The van der Waals surface area contributed by atoms with Gasteiger partial charge in [0.05, 0.1) is 6.61 Å². The highest BCUT2D eigenvalue weighted by molar-refractivity contribution is 7.58. The lowest BCUT2D eigenvalue weighted by Crippen LogP contribution is -2.27. The molecule has 0 aliphatic carbocycles. The van der Waals surface area contributed by atoms with Crippen molar-refractivity contribution >= 4 is 53.9 Å². The number of rotatable bonds is 9. The van der Waals surface area contributed by atoms with Gasteiger partial charge in [0.2, 0.25) is 0 Å². The topological polar surface area (TPSA) is 29.5 Å². The standard InChI is InChI=1S/C8H14Cl4NO2P/c1-8(12)6-15-16(14,7-11)13(4-2-9)5-3-10/h1-7H2. The maximum absolute atomic E-state index is 12.3. The van der Waals surface area contributed by atoms with Crippen molar-refractivity contribution in [1.82, 2.24) is 4.67 Å². The average Bonchev–Trinajstić information content (AvgIpc) is 2.25. The van der Waals surface area contributed by atoms with Crippen molar-refractivity contribution in [3.8, 4) is 0 Å². The van der Waals surface area contributed by atoms with Crippen LogP contribution in [0.1, 0.15) is 0 Å². The fraction of sp³-hybridized carbons (Fsp3) is 0.750. The molecule has 0 aromatic heterocycles. The normalized spacial score (nSPS) is 15.1. The molecule has 16 heavy (non-hydrogen) atoms. The summed E-state index contributed by atoms with van der Waals surface area (Å²) in [5.41, 5.74) is -0.134. The molecule has 96 valence electrons. The Hall–Kier alpha value is 1.05. The maximum atomic E-state index is 12.3. The van der Waals surface area contributed by atoms with Crippen LogP contribution in [-0.2, 0) is 9.09 Å². The van der Waals surface area contributed by atoms with Gasteiger partial charge >= 0.3 is 0 Å². The van der Waals surface area contributed by atoms with Crippen LogP contribution in [0.2, 0.25) is 0 Å². The monoisotopic (exact) mass is 327 g/mol. The second-order valence-corrected chi connectivity index (χ2v) is 7.22. The third-order valence-electron chi connectivity index (χ3n) is 1.69. The quantitative estimate of drug-likeness (QED) is 0.474. The van der Waals surface area contributed by atoms with Crippen LogP contribution in [0.15, 0.2) is 11.6 Å². The number of halogens is 4. The summed E-state index contributed by atoms with van der Waals surface area (Å²) in [4.78, 5) is 0. The van der Waals surface area contributed by atoms with E-state index in [-0.39, 0.29) is 17.3 Å². The van der Waals surface area contributed by atoms with E-state index in [0.29, 0.717) is 24.8 Å². The molecule has 0 aliphatic heterocycles. The minimum atomic E-state index is -3.11. The summed E-state index contributed by atoms with van der Waals surface area (Å²) in [7, 11) is -3.11. The molecule has 8 heteroatoms. The molecule has 0 N–H and O–H groups in total. The Kier molecular flexibility index (Phi) is 9.64. The minimum Gasteiger partial charge on any atom is -0.311 e. The highest BCUT2D eigenvalue weighted by atomic mass is 35.5. The molecule has 0 rings (SSSR count). The number of hydrogen-bond acceptors (Lipinski definition) is 2. The molecular weight excluding hydrogens is 315 g/mol. The molecule has 0 aromatic carbocycles.